The number of amides is 1. The number of hydrazone groups is 1. The van der Waals surface area contributed by atoms with Crippen LogP contribution in [-0.4, -0.2) is 37.7 Å². The minimum absolute atomic E-state index is 0.0935. The highest BCUT2D eigenvalue weighted by Crippen LogP contribution is 2.34. The Bertz CT molecular complexity index is 1130. The molecule has 1 aliphatic rings. The lowest BCUT2D eigenvalue weighted by atomic mass is 9.96. The van der Waals surface area contributed by atoms with Gasteiger partial charge in [-0.1, -0.05) is 30.3 Å². The van der Waals surface area contributed by atoms with Crippen LogP contribution in [0.15, 0.2) is 60.0 Å². The average Bonchev–Trinajstić information content (AvgIpc) is 3.17. The molecule has 7 nitrogen and oxygen atoms in total. The van der Waals surface area contributed by atoms with E-state index < -0.39 is 5.97 Å². The van der Waals surface area contributed by atoms with Crippen LogP contribution in [0.4, 0.5) is 0 Å². The van der Waals surface area contributed by atoms with Crippen molar-refractivity contribution in [3.05, 3.63) is 71.5 Å². The third-order valence-electron chi connectivity index (χ3n) is 5.05. The van der Waals surface area contributed by atoms with Gasteiger partial charge in [-0.25, -0.2) is 5.01 Å². The van der Waals surface area contributed by atoms with Crippen molar-refractivity contribution in [3.8, 4) is 0 Å². The molecule has 1 amide bonds. The molecular weight excluding hydrogens is 368 g/mol. The van der Waals surface area contributed by atoms with E-state index in [-0.39, 0.29) is 24.8 Å². The Morgan fingerprint density at radius 3 is 2.59 bits per heavy atom. The molecule has 1 atom stereocenters. The summed E-state index contributed by atoms with van der Waals surface area (Å²) in [5.41, 5.74) is 5.30. The number of carboxylic acids is 1. The Hall–Kier alpha value is -3.61. The minimum Gasteiger partial charge on any atom is -0.481 e. The first-order valence-electron chi connectivity index (χ1n) is 9.41. The van der Waals surface area contributed by atoms with Gasteiger partial charge in [-0.05, 0) is 30.2 Å². The SMILES string of the molecule is Cc1ccccc1C1=NN(C(=O)CCC(=O)O)[C@H](c2ccc3nccnc3c2)C1. The Labute approximate surface area is 167 Å². The molecular formula is C22H20N4O3. The van der Waals surface area contributed by atoms with Crippen LogP contribution in [0.1, 0.15) is 42.0 Å². The topological polar surface area (TPSA) is 95.8 Å². The predicted octanol–water partition coefficient (Wildman–Crippen LogP) is 3.48. The van der Waals surface area contributed by atoms with Crippen molar-refractivity contribution in [1.82, 2.24) is 15.0 Å². The summed E-state index contributed by atoms with van der Waals surface area (Å²) < 4.78 is 0. The summed E-state index contributed by atoms with van der Waals surface area (Å²) in [5.74, 6) is -1.31. The first-order valence-corrected chi connectivity index (χ1v) is 9.41. The van der Waals surface area contributed by atoms with Crippen molar-refractivity contribution in [2.45, 2.75) is 32.2 Å². The highest BCUT2D eigenvalue weighted by molar-refractivity contribution is 6.04. The fraction of sp³-hybridized carbons (Fsp3) is 0.227. The first-order chi connectivity index (χ1) is 14.0. The number of rotatable bonds is 5. The second-order valence-corrected chi connectivity index (χ2v) is 7.02. The number of fused-ring (bicyclic) bond motifs is 1. The molecule has 3 aromatic rings. The van der Waals surface area contributed by atoms with Crippen molar-refractivity contribution < 1.29 is 14.7 Å². The summed E-state index contributed by atoms with van der Waals surface area (Å²) in [6, 6.07) is 13.3. The van der Waals surface area contributed by atoms with Gasteiger partial charge in [-0.2, -0.15) is 5.10 Å². The highest BCUT2D eigenvalue weighted by atomic mass is 16.4. The number of aryl methyl sites for hydroxylation is 1. The zero-order chi connectivity index (χ0) is 20.4. The number of aliphatic carboxylic acids is 1. The molecule has 0 saturated heterocycles. The first kappa shape index (κ1) is 18.7. The Morgan fingerprint density at radius 1 is 1.07 bits per heavy atom. The van der Waals surface area contributed by atoms with Crippen LogP contribution in [0.2, 0.25) is 0 Å². The summed E-state index contributed by atoms with van der Waals surface area (Å²) in [4.78, 5) is 32.4. The fourth-order valence-electron chi connectivity index (χ4n) is 3.58. The second-order valence-electron chi connectivity index (χ2n) is 7.02. The number of carboxylic acid groups (broad SMARTS) is 1. The smallest absolute Gasteiger partial charge is 0.303 e. The highest BCUT2D eigenvalue weighted by Gasteiger charge is 2.33. The van der Waals surface area contributed by atoms with Gasteiger partial charge >= 0.3 is 5.97 Å². The van der Waals surface area contributed by atoms with Gasteiger partial charge in [0.05, 0.1) is 29.2 Å². The largest absolute Gasteiger partial charge is 0.481 e. The normalized spacial score (nSPS) is 16.1. The lowest BCUT2D eigenvalue weighted by Crippen LogP contribution is -2.27. The van der Waals surface area contributed by atoms with E-state index >= 15 is 0 Å². The lowest BCUT2D eigenvalue weighted by molar-refractivity contribution is -0.141. The Balaban J connectivity index is 1.71. The molecule has 1 N–H and O–H groups in total. The molecule has 0 saturated carbocycles. The molecule has 1 aliphatic heterocycles. The van der Waals surface area contributed by atoms with Gasteiger partial charge in [0.25, 0.3) is 0 Å². The van der Waals surface area contributed by atoms with Crippen LogP contribution >= 0.6 is 0 Å². The number of nitrogens with zero attached hydrogens (tertiary/aromatic N) is 4. The number of carbonyl (C=O) groups excluding carboxylic acids is 1. The monoisotopic (exact) mass is 388 g/mol. The van der Waals surface area contributed by atoms with E-state index in [1.54, 1.807) is 12.4 Å². The van der Waals surface area contributed by atoms with Crippen molar-refractivity contribution in [2.75, 3.05) is 0 Å². The van der Waals surface area contributed by atoms with Crippen molar-refractivity contribution >= 4 is 28.6 Å². The van der Waals surface area contributed by atoms with Gasteiger partial charge in [-0.15, -0.1) is 0 Å². The van der Waals surface area contributed by atoms with Gasteiger partial charge < -0.3 is 5.11 Å². The van der Waals surface area contributed by atoms with E-state index in [0.29, 0.717) is 6.42 Å². The molecule has 0 aliphatic carbocycles. The molecule has 4 rings (SSSR count). The number of hydrogen-bond acceptors (Lipinski definition) is 5. The zero-order valence-electron chi connectivity index (χ0n) is 15.9. The third kappa shape index (κ3) is 3.85. The average molecular weight is 388 g/mol. The van der Waals surface area contributed by atoms with Crippen LogP contribution in [0.5, 0.6) is 0 Å². The Morgan fingerprint density at radius 2 is 1.83 bits per heavy atom. The number of hydrogen-bond donors (Lipinski definition) is 1. The van der Waals surface area contributed by atoms with Crippen LogP contribution in [-0.2, 0) is 9.59 Å². The molecule has 1 aromatic heterocycles. The van der Waals surface area contributed by atoms with Gasteiger partial charge in [0.15, 0.2) is 0 Å². The number of benzene rings is 2. The lowest BCUT2D eigenvalue weighted by Gasteiger charge is -2.22. The van der Waals surface area contributed by atoms with Gasteiger partial charge in [0.2, 0.25) is 5.91 Å². The van der Waals surface area contributed by atoms with Crippen molar-refractivity contribution in [3.63, 3.8) is 0 Å². The molecule has 2 heterocycles. The quantitative estimate of drug-likeness (QED) is 0.722. The van der Waals surface area contributed by atoms with E-state index in [0.717, 1.165) is 33.4 Å². The Kier molecular flexibility index (Phi) is 5.03. The summed E-state index contributed by atoms with van der Waals surface area (Å²) in [6.07, 6.45) is 3.50. The molecule has 7 heteroatoms. The molecule has 2 aromatic carbocycles. The fourth-order valence-corrected chi connectivity index (χ4v) is 3.58. The van der Waals surface area contributed by atoms with Gasteiger partial charge in [0, 0.05) is 30.8 Å². The van der Waals surface area contributed by atoms with Gasteiger partial charge in [-0.3, -0.25) is 19.6 Å². The number of aromatic nitrogens is 2. The third-order valence-corrected chi connectivity index (χ3v) is 5.05. The van der Waals surface area contributed by atoms with E-state index in [9.17, 15) is 9.59 Å². The molecule has 0 fully saturated rings. The number of carbonyl (C=O) groups is 2. The molecule has 0 radical (unpaired) electrons. The minimum atomic E-state index is -1.00. The zero-order valence-corrected chi connectivity index (χ0v) is 15.9. The van der Waals surface area contributed by atoms with Crippen molar-refractivity contribution in [2.24, 2.45) is 5.10 Å². The summed E-state index contributed by atoms with van der Waals surface area (Å²) in [7, 11) is 0. The molecule has 146 valence electrons. The maximum Gasteiger partial charge on any atom is 0.303 e. The predicted molar refractivity (Wildman–Crippen MR) is 108 cm³/mol. The molecule has 29 heavy (non-hydrogen) atoms. The molecule has 0 spiro atoms. The molecule has 0 bridgehead atoms. The maximum atomic E-state index is 12.8. The van der Waals surface area contributed by atoms with Crippen molar-refractivity contribution in [1.29, 1.82) is 0 Å². The van der Waals surface area contributed by atoms with Crippen LogP contribution < -0.4 is 0 Å². The standard InChI is InChI=1S/C22H20N4O3/c1-14-4-2-3-5-16(14)18-13-20(26(25-18)21(27)8-9-22(28)29)15-6-7-17-19(12-15)24-11-10-23-17/h2-7,10-12,20H,8-9,13H2,1H3,(H,28,29)/t20-/m0/s1. The summed E-state index contributed by atoms with van der Waals surface area (Å²) in [5, 5.41) is 15.0. The summed E-state index contributed by atoms with van der Waals surface area (Å²) >= 11 is 0. The van der Waals surface area contributed by atoms with Crippen LogP contribution in [0.3, 0.4) is 0 Å². The van der Waals surface area contributed by atoms with E-state index in [4.69, 9.17) is 5.11 Å². The maximum absolute atomic E-state index is 12.8. The molecule has 0 unspecified atom stereocenters. The van der Waals surface area contributed by atoms with E-state index in [1.807, 2.05) is 49.4 Å². The van der Waals surface area contributed by atoms with Gasteiger partial charge in [0.1, 0.15) is 0 Å². The van der Waals surface area contributed by atoms with Crippen LogP contribution in [0.25, 0.3) is 11.0 Å². The van der Waals surface area contributed by atoms with E-state index in [1.165, 1.54) is 5.01 Å². The van der Waals surface area contributed by atoms with E-state index in [2.05, 4.69) is 15.1 Å². The summed E-state index contributed by atoms with van der Waals surface area (Å²) in [6.45, 7) is 2.01. The van der Waals surface area contributed by atoms with Crippen LogP contribution in [0, 0.1) is 6.92 Å². The second kappa shape index (κ2) is 7.79.